The summed E-state index contributed by atoms with van der Waals surface area (Å²) in [7, 11) is 0. The number of hydrogen-bond donors (Lipinski definition) is 2. The van der Waals surface area contributed by atoms with Gasteiger partial charge < -0.3 is 11.5 Å². The highest BCUT2D eigenvalue weighted by Gasteiger charge is 2.49. The Morgan fingerprint density at radius 1 is 1.88 bits per heavy atom. The summed E-state index contributed by atoms with van der Waals surface area (Å²) in [5.74, 6) is -0.470. The molecule has 0 radical (unpaired) electrons. The predicted octanol–water partition coefficient (Wildman–Crippen LogP) is -0.871. The lowest BCUT2D eigenvalue weighted by Crippen LogP contribution is -2.39. The van der Waals surface area contributed by atoms with Crippen LogP contribution in [-0.2, 0) is 4.79 Å². The lowest BCUT2D eigenvalue weighted by atomic mass is 10.3. The molecule has 1 fully saturated rings. The van der Waals surface area contributed by atoms with Crippen molar-refractivity contribution in [3.05, 3.63) is 12.2 Å². The van der Waals surface area contributed by atoms with E-state index in [1.807, 2.05) is 0 Å². The topological polar surface area (TPSA) is 69.1 Å². The van der Waals surface area contributed by atoms with E-state index in [1.54, 1.807) is 0 Å². The average molecular weight is 112 g/mol. The number of nitrogens with two attached hydrogens (primary N) is 2. The number of primary amides is 1. The highest BCUT2D eigenvalue weighted by molar-refractivity contribution is 5.93. The first kappa shape index (κ1) is 5.31. The van der Waals surface area contributed by atoms with Crippen LogP contribution in [0.15, 0.2) is 12.2 Å². The molecule has 0 aliphatic heterocycles. The third-order valence-electron chi connectivity index (χ3n) is 1.44. The molecule has 0 aromatic heterocycles. The van der Waals surface area contributed by atoms with Crippen LogP contribution in [0.25, 0.3) is 0 Å². The minimum Gasteiger partial charge on any atom is -0.368 e. The maximum absolute atomic E-state index is 10.3. The van der Waals surface area contributed by atoms with Gasteiger partial charge in [-0.1, -0.05) is 6.58 Å². The molecule has 4 N–H and O–H groups in total. The molecule has 0 saturated heterocycles. The van der Waals surface area contributed by atoms with Crippen molar-refractivity contribution in [3.63, 3.8) is 0 Å². The van der Waals surface area contributed by atoms with Gasteiger partial charge in [-0.15, -0.1) is 0 Å². The van der Waals surface area contributed by atoms with E-state index in [0.717, 1.165) is 5.57 Å². The van der Waals surface area contributed by atoms with E-state index in [-0.39, 0.29) is 0 Å². The molecular weight excluding hydrogens is 104 g/mol. The van der Waals surface area contributed by atoms with Gasteiger partial charge in [-0.3, -0.25) is 4.79 Å². The molecule has 0 aromatic carbocycles. The van der Waals surface area contributed by atoms with E-state index in [1.165, 1.54) is 0 Å². The molecule has 3 nitrogen and oxygen atoms in total. The van der Waals surface area contributed by atoms with Gasteiger partial charge >= 0.3 is 0 Å². The second kappa shape index (κ2) is 1.11. The van der Waals surface area contributed by atoms with Gasteiger partial charge in [-0.25, -0.2) is 0 Å². The highest BCUT2D eigenvalue weighted by Crippen LogP contribution is 2.37. The Morgan fingerprint density at radius 2 is 2.25 bits per heavy atom. The Labute approximate surface area is 47.3 Å². The fraction of sp³-hybridized carbons (Fsp3) is 0.400. The van der Waals surface area contributed by atoms with Crippen molar-refractivity contribution < 1.29 is 4.79 Å². The van der Waals surface area contributed by atoms with E-state index < -0.39 is 11.4 Å². The van der Waals surface area contributed by atoms with Crippen LogP contribution in [0.1, 0.15) is 6.42 Å². The third-order valence-corrected chi connectivity index (χ3v) is 1.44. The van der Waals surface area contributed by atoms with Gasteiger partial charge in [-0.2, -0.15) is 0 Å². The van der Waals surface area contributed by atoms with Crippen molar-refractivity contribution in [1.82, 2.24) is 0 Å². The van der Waals surface area contributed by atoms with Crippen molar-refractivity contribution in [2.24, 2.45) is 11.5 Å². The highest BCUT2D eigenvalue weighted by atomic mass is 16.1. The van der Waals surface area contributed by atoms with Crippen molar-refractivity contribution in [2.45, 2.75) is 12.0 Å². The summed E-state index contributed by atoms with van der Waals surface area (Å²) in [6.45, 7) is 3.52. The molecule has 0 aromatic rings. The van der Waals surface area contributed by atoms with Crippen LogP contribution in [0.5, 0.6) is 0 Å². The van der Waals surface area contributed by atoms with E-state index in [4.69, 9.17) is 11.5 Å². The molecule has 8 heavy (non-hydrogen) atoms. The Kier molecular flexibility index (Phi) is 0.739. The quantitative estimate of drug-likeness (QED) is 0.433. The molecule has 0 heterocycles. The second-order valence-electron chi connectivity index (χ2n) is 2.12. The van der Waals surface area contributed by atoms with Crippen LogP contribution in [0.3, 0.4) is 0 Å². The molecule has 1 saturated carbocycles. The molecule has 0 spiro atoms. The lowest BCUT2D eigenvalue weighted by molar-refractivity contribution is -0.119. The summed E-state index contributed by atoms with van der Waals surface area (Å²) in [5.41, 5.74) is 10.1. The van der Waals surface area contributed by atoms with E-state index >= 15 is 0 Å². The summed E-state index contributed by atoms with van der Waals surface area (Å²) in [6, 6.07) is 0. The maximum Gasteiger partial charge on any atom is 0.242 e. The second-order valence-corrected chi connectivity index (χ2v) is 2.12. The van der Waals surface area contributed by atoms with Gasteiger partial charge in [0.25, 0.3) is 0 Å². The summed E-state index contributed by atoms with van der Waals surface area (Å²) in [4.78, 5) is 10.3. The summed E-state index contributed by atoms with van der Waals surface area (Å²) < 4.78 is 0. The zero-order chi connectivity index (χ0) is 6.36. The number of hydrogen-bond acceptors (Lipinski definition) is 2. The fourth-order valence-electron chi connectivity index (χ4n) is 0.554. The van der Waals surface area contributed by atoms with Crippen molar-refractivity contribution in [3.8, 4) is 0 Å². The number of amides is 1. The molecule has 1 unspecified atom stereocenters. The van der Waals surface area contributed by atoms with Crippen LogP contribution in [0, 0.1) is 0 Å². The Bertz CT molecular complexity index is 164. The van der Waals surface area contributed by atoms with Gasteiger partial charge in [0.15, 0.2) is 0 Å². The number of rotatable bonds is 1. The third kappa shape index (κ3) is 0.448. The Balaban J connectivity index is 2.73. The molecule has 1 amide bonds. The number of carbonyl (C=O) groups is 1. The van der Waals surface area contributed by atoms with Gasteiger partial charge in [-0.05, 0) is 5.57 Å². The lowest BCUT2D eigenvalue weighted by Gasteiger charge is -1.97. The minimum absolute atomic E-state index is 0.470. The van der Waals surface area contributed by atoms with Crippen molar-refractivity contribution >= 4 is 5.91 Å². The normalized spacial score (nSPS) is 34.9. The standard InChI is InChI=1S/C5H8N2O/c1-3-2-5(3,7)4(6)8/h1-2,7H2,(H2,6,8). The molecule has 3 heteroatoms. The monoisotopic (exact) mass is 112 g/mol. The summed E-state index contributed by atoms with van der Waals surface area (Å²) in [5, 5.41) is 0. The van der Waals surface area contributed by atoms with Gasteiger partial charge in [0.05, 0.1) is 0 Å². The minimum atomic E-state index is -0.847. The smallest absolute Gasteiger partial charge is 0.242 e. The first-order valence-electron chi connectivity index (χ1n) is 2.34. The molecule has 1 aliphatic carbocycles. The molecule has 1 aliphatic rings. The van der Waals surface area contributed by atoms with Gasteiger partial charge in [0, 0.05) is 6.42 Å². The van der Waals surface area contributed by atoms with Crippen LogP contribution in [0.2, 0.25) is 0 Å². The Morgan fingerprint density at radius 3 is 2.25 bits per heavy atom. The van der Waals surface area contributed by atoms with Gasteiger partial charge in [0.1, 0.15) is 5.54 Å². The summed E-state index contributed by atoms with van der Waals surface area (Å²) in [6.07, 6.45) is 0.558. The SMILES string of the molecule is C=C1CC1(N)C(N)=O. The average Bonchev–Trinajstić information content (AvgIpc) is 2.17. The van der Waals surface area contributed by atoms with Crippen molar-refractivity contribution in [1.29, 1.82) is 0 Å². The molecule has 1 atom stereocenters. The summed E-state index contributed by atoms with van der Waals surface area (Å²) >= 11 is 0. The zero-order valence-electron chi connectivity index (χ0n) is 4.48. The van der Waals surface area contributed by atoms with Crippen LogP contribution >= 0.6 is 0 Å². The maximum atomic E-state index is 10.3. The fourth-order valence-corrected chi connectivity index (χ4v) is 0.554. The predicted molar refractivity (Wildman–Crippen MR) is 29.9 cm³/mol. The molecular formula is C5H8N2O. The van der Waals surface area contributed by atoms with Crippen LogP contribution < -0.4 is 11.5 Å². The largest absolute Gasteiger partial charge is 0.368 e. The van der Waals surface area contributed by atoms with Crippen LogP contribution in [-0.4, -0.2) is 11.4 Å². The van der Waals surface area contributed by atoms with E-state index in [9.17, 15) is 4.79 Å². The van der Waals surface area contributed by atoms with Crippen LogP contribution in [0.4, 0.5) is 0 Å². The first-order chi connectivity index (χ1) is 3.57. The van der Waals surface area contributed by atoms with E-state index in [2.05, 4.69) is 6.58 Å². The molecule has 1 rings (SSSR count). The first-order valence-corrected chi connectivity index (χ1v) is 2.34. The molecule has 44 valence electrons. The van der Waals surface area contributed by atoms with Gasteiger partial charge in [0.2, 0.25) is 5.91 Å². The van der Waals surface area contributed by atoms with E-state index in [0.29, 0.717) is 6.42 Å². The zero-order valence-corrected chi connectivity index (χ0v) is 4.48. The van der Waals surface area contributed by atoms with Crippen molar-refractivity contribution in [2.75, 3.05) is 0 Å². The Hall–Kier alpha value is -0.830. The molecule has 0 bridgehead atoms. The number of carbonyl (C=O) groups excluding carboxylic acids is 1.